The summed E-state index contributed by atoms with van der Waals surface area (Å²) in [6.07, 6.45) is 2.87. The van der Waals surface area contributed by atoms with Crippen molar-refractivity contribution in [1.29, 1.82) is 0 Å². The van der Waals surface area contributed by atoms with Crippen molar-refractivity contribution < 1.29 is 9.15 Å². The van der Waals surface area contributed by atoms with Crippen LogP contribution in [0.15, 0.2) is 34.9 Å². The number of morpholine rings is 1. The fourth-order valence-electron chi connectivity index (χ4n) is 2.72. The molecule has 2 heterocycles. The Bertz CT molecular complexity index is 532. The zero-order valence-electron chi connectivity index (χ0n) is 11.2. The average Bonchev–Trinajstić information content (AvgIpc) is 2.90. The zero-order valence-corrected chi connectivity index (χ0v) is 11.2. The van der Waals surface area contributed by atoms with Crippen molar-refractivity contribution in [3.05, 3.63) is 36.1 Å². The lowest BCUT2D eigenvalue weighted by Gasteiger charge is -2.27. The summed E-state index contributed by atoms with van der Waals surface area (Å²) in [7, 11) is 2.00. The molecule has 0 amide bonds. The highest BCUT2D eigenvalue weighted by Gasteiger charge is 2.21. The number of rotatable bonds is 4. The third kappa shape index (κ3) is 2.66. The van der Waals surface area contributed by atoms with Crippen LogP contribution in [0.25, 0.3) is 11.0 Å². The van der Waals surface area contributed by atoms with Gasteiger partial charge in [-0.05, 0) is 19.5 Å². The lowest BCUT2D eigenvalue weighted by Crippen LogP contribution is -2.43. The van der Waals surface area contributed by atoms with Gasteiger partial charge in [-0.25, -0.2) is 0 Å². The van der Waals surface area contributed by atoms with Crippen molar-refractivity contribution in [3.8, 4) is 0 Å². The predicted octanol–water partition coefficient (Wildman–Crippen LogP) is 2.07. The lowest BCUT2D eigenvalue weighted by molar-refractivity contribution is 0.0709. The maximum atomic E-state index is 5.63. The topological polar surface area (TPSA) is 46.4 Å². The van der Waals surface area contributed by atoms with E-state index in [9.17, 15) is 0 Å². The average molecular weight is 260 g/mol. The van der Waals surface area contributed by atoms with E-state index in [-0.39, 0.29) is 6.04 Å². The Morgan fingerprint density at radius 1 is 1.42 bits per heavy atom. The van der Waals surface area contributed by atoms with E-state index in [1.165, 1.54) is 10.9 Å². The molecular formula is C15H20N2O2. The fraction of sp³-hybridized carbons (Fsp3) is 0.467. The molecule has 0 saturated carbocycles. The monoisotopic (exact) mass is 260 g/mol. The van der Waals surface area contributed by atoms with E-state index < -0.39 is 0 Å². The second-order valence-corrected chi connectivity index (χ2v) is 4.99. The number of fused-ring (bicyclic) bond motifs is 1. The maximum absolute atomic E-state index is 5.63. The van der Waals surface area contributed by atoms with Crippen LogP contribution in [0, 0.1) is 0 Å². The van der Waals surface area contributed by atoms with Gasteiger partial charge in [-0.15, -0.1) is 0 Å². The minimum absolute atomic E-state index is 0.280. The van der Waals surface area contributed by atoms with Gasteiger partial charge in [-0.2, -0.15) is 0 Å². The van der Waals surface area contributed by atoms with Gasteiger partial charge >= 0.3 is 0 Å². The van der Waals surface area contributed by atoms with Crippen molar-refractivity contribution in [2.24, 2.45) is 0 Å². The summed E-state index contributed by atoms with van der Waals surface area (Å²) in [4.78, 5) is 0. The molecule has 1 aromatic heterocycles. The third-order valence-electron chi connectivity index (χ3n) is 3.75. The molecule has 2 N–H and O–H groups in total. The second-order valence-electron chi connectivity index (χ2n) is 4.99. The summed E-state index contributed by atoms with van der Waals surface area (Å²) in [6, 6.07) is 8.86. The number of benzene rings is 1. The Balaban J connectivity index is 1.81. The predicted molar refractivity (Wildman–Crippen MR) is 75.2 cm³/mol. The van der Waals surface area contributed by atoms with Gasteiger partial charge in [0.2, 0.25) is 0 Å². The van der Waals surface area contributed by atoms with Gasteiger partial charge in [0.05, 0.1) is 19.5 Å². The van der Waals surface area contributed by atoms with Crippen LogP contribution in [-0.4, -0.2) is 32.8 Å². The van der Waals surface area contributed by atoms with E-state index >= 15 is 0 Å². The van der Waals surface area contributed by atoms with Crippen LogP contribution < -0.4 is 10.6 Å². The van der Waals surface area contributed by atoms with Gasteiger partial charge in [-0.1, -0.05) is 18.2 Å². The summed E-state index contributed by atoms with van der Waals surface area (Å²) in [5, 5.41) is 8.08. The van der Waals surface area contributed by atoms with Crippen molar-refractivity contribution in [1.82, 2.24) is 10.6 Å². The summed E-state index contributed by atoms with van der Waals surface area (Å²) < 4.78 is 11.1. The van der Waals surface area contributed by atoms with Gasteiger partial charge < -0.3 is 19.8 Å². The van der Waals surface area contributed by atoms with E-state index in [0.29, 0.717) is 6.04 Å². The lowest BCUT2D eigenvalue weighted by atomic mass is 9.98. The highest BCUT2D eigenvalue weighted by molar-refractivity contribution is 5.81. The fourth-order valence-corrected chi connectivity index (χ4v) is 2.72. The molecule has 0 spiro atoms. The van der Waals surface area contributed by atoms with Crippen molar-refractivity contribution in [3.63, 3.8) is 0 Å². The number of furan rings is 1. The largest absolute Gasteiger partial charge is 0.464 e. The second kappa shape index (κ2) is 5.74. The molecule has 2 aromatic rings. The molecule has 1 aromatic carbocycles. The molecule has 1 saturated heterocycles. The Kier molecular flexibility index (Phi) is 3.82. The first-order chi connectivity index (χ1) is 9.38. The Morgan fingerprint density at radius 3 is 3.11 bits per heavy atom. The Labute approximate surface area is 113 Å². The van der Waals surface area contributed by atoms with Gasteiger partial charge in [0.1, 0.15) is 5.58 Å². The van der Waals surface area contributed by atoms with Crippen LogP contribution in [0.2, 0.25) is 0 Å². The molecule has 2 atom stereocenters. The molecule has 3 rings (SSSR count). The van der Waals surface area contributed by atoms with Crippen LogP contribution in [-0.2, 0) is 4.74 Å². The van der Waals surface area contributed by atoms with E-state index in [1.807, 2.05) is 25.4 Å². The van der Waals surface area contributed by atoms with Gasteiger partial charge in [0, 0.05) is 29.6 Å². The highest BCUT2D eigenvalue weighted by atomic mass is 16.5. The smallest absolute Gasteiger partial charge is 0.134 e. The molecule has 1 aliphatic rings. The molecule has 19 heavy (non-hydrogen) atoms. The molecule has 0 aliphatic carbocycles. The number of para-hydroxylation sites is 1. The Morgan fingerprint density at radius 2 is 2.32 bits per heavy atom. The summed E-state index contributed by atoms with van der Waals surface area (Å²) in [5.41, 5.74) is 2.18. The van der Waals surface area contributed by atoms with Crippen LogP contribution in [0.1, 0.15) is 18.0 Å². The van der Waals surface area contributed by atoms with E-state index in [4.69, 9.17) is 9.15 Å². The first kappa shape index (κ1) is 12.7. The molecule has 0 bridgehead atoms. The van der Waals surface area contributed by atoms with Crippen LogP contribution in [0.3, 0.4) is 0 Å². The number of ether oxygens (including phenoxy) is 1. The van der Waals surface area contributed by atoms with Crippen molar-refractivity contribution >= 4 is 11.0 Å². The summed E-state index contributed by atoms with van der Waals surface area (Å²) >= 11 is 0. The molecule has 2 unspecified atom stereocenters. The molecule has 4 heteroatoms. The van der Waals surface area contributed by atoms with Gasteiger partial charge in [-0.3, -0.25) is 0 Å². The quantitative estimate of drug-likeness (QED) is 0.883. The maximum Gasteiger partial charge on any atom is 0.134 e. The van der Waals surface area contributed by atoms with E-state index in [1.54, 1.807) is 0 Å². The third-order valence-corrected chi connectivity index (χ3v) is 3.75. The molecule has 1 fully saturated rings. The van der Waals surface area contributed by atoms with Crippen molar-refractivity contribution in [2.75, 3.05) is 26.8 Å². The molecule has 4 nitrogen and oxygen atoms in total. The van der Waals surface area contributed by atoms with E-state index in [2.05, 4.69) is 22.8 Å². The van der Waals surface area contributed by atoms with Crippen LogP contribution >= 0.6 is 0 Å². The highest BCUT2D eigenvalue weighted by Crippen LogP contribution is 2.28. The standard InChI is InChI=1S/C15H20N2O2/c1-16-14(8-11-9-18-7-6-17-11)13-10-19-15-5-3-2-4-12(13)15/h2-5,10-11,14,16-17H,6-9H2,1H3. The molecule has 102 valence electrons. The summed E-state index contributed by atoms with van der Waals surface area (Å²) in [5.74, 6) is 0. The van der Waals surface area contributed by atoms with Gasteiger partial charge in [0.25, 0.3) is 0 Å². The zero-order chi connectivity index (χ0) is 13.1. The SMILES string of the molecule is CNC(CC1COCCN1)c1coc2ccccc12. The summed E-state index contributed by atoms with van der Waals surface area (Å²) in [6.45, 7) is 2.54. The normalized spacial score (nSPS) is 21.6. The Hall–Kier alpha value is -1.36. The van der Waals surface area contributed by atoms with Crippen LogP contribution in [0.4, 0.5) is 0 Å². The molecule has 0 radical (unpaired) electrons. The minimum Gasteiger partial charge on any atom is -0.464 e. The number of nitrogens with one attached hydrogen (secondary N) is 2. The molecule has 1 aliphatic heterocycles. The van der Waals surface area contributed by atoms with Crippen LogP contribution in [0.5, 0.6) is 0 Å². The number of hydrogen-bond acceptors (Lipinski definition) is 4. The number of hydrogen-bond donors (Lipinski definition) is 2. The molecular weight excluding hydrogens is 240 g/mol. The first-order valence-corrected chi connectivity index (χ1v) is 6.83. The first-order valence-electron chi connectivity index (χ1n) is 6.83. The minimum atomic E-state index is 0.280. The van der Waals surface area contributed by atoms with Gasteiger partial charge in [0.15, 0.2) is 0 Å². The van der Waals surface area contributed by atoms with E-state index in [0.717, 1.165) is 31.8 Å². The van der Waals surface area contributed by atoms with Crippen molar-refractivity contribution in [2.45, 2.75) is 18.5 Å².